The monoisotopic (exact) mass is 283 g/mol. The molecule has 3 nitrogen and oxygen atoms in total. The summed E-state index contributed by atoms with van der Waals surface area (Å²) in [5, 5.41) is 0. The summed E-state index contributed by atoms with van der Waals surface area (Å²) < 4.78 is 11.4. The molecule has 1 aliphatic heterocycles. The lowest BCUT2D eigenvalue weighted by Gasteiger charge is -2.23. The maximum absolute atomic E-state index is 6.55. The van der Waals surface area contributed by atoms with Crippen LogP contribution < -0.4 is 15.2 Å². The van der Waals surface area contributed by atoms with Crippen molar-refractivity contribution >= 4 is 0 Å². The highest BCUT2D eigenvalue weighted by atomic mass is 16.5. The standard InChI is InChI=1S/C18H21NO2/c1-11-8-9-14(18(20-3)12(11)2)17(19)15-10-21-16-7-5-4-6-13(15)16/h4-9,15,17H,10,19H2,1-3H3. The van der Waals surface area contributed by atoms with Crippen LogP contribution in [0.5, 0.6) is 11.5 Å². The van der Waals surface area contributed by atoms with Gasteiger partial charge in [0, 0.05) is 23.1 Å². The summed E-state index contributed by atoms with van der Waals surface area (Å²) in [7, 11) is 1.71. The van der Waals surface area contributed by atoms with E-state index in [1.54, 1.807) is 7.11 Å². The Kier molecular flexibility index (Phi) is 3.60. The zero-order chi connectivity index (χ0) is 15.0. The maximum atomic E-state index is 6.55. The Bertz CT molecular complexity index is 666. The molecule has 0 aliphatic carbocycles. The smallest absolute Gasteiger partial charge is 0.126 e. The number of methoxy groups -OCH3 is 1. The number of hydrogen-bond acceptors (Lipinski definition) is 3. The molecule has 3 rings (SSSR count). The van der Waals surface area contributed by atoms with Gasteiger partial charge < -0.3 is 15.2 Å². The lowest BCUT2D eigenvalue weighted by Crippen LogP contribution is -2.22. The van der Waals surface area contributed by atoms with Crippen molar-refractivity contribution in [3.05, 3.63) is 58.7 Å². The molecule has 110 valence electrons. The normalized spacial score (nSPS) is 18.0. The van der Waals surface area contributed by atoms with E-state index in [0.717, 1.165) is 22.6 Å². The molecule has 2 atom stereocenters. The predicted octanol–water partition coefficient (Wildman–Crippen LogP) is 3.49. The fourth-order valence-corrected chi connectivity index (χ4v) is 3.05. The number of rotatable bonds is 3. The van der Waals surface area contributed by atoms with Crippen molar-refractivity contribution in [3.63, 3.8) is 0 Å². The summed E-state index contributed by atoms with van der Waals surface area (Å²) in [6.07, 6.45) is 0. The second-order valence-corrected chi connectivity index (χ2v) is 5.61. The third-order valence-electron chi connectivity index (χ3n) is 4.44. The fraction of sp³-hybridized carbons (Fsp3) is 0.333. The average Bonchev–Trinajstić information content (AvgIpc) is 2.93. The first-order valence-corrected chi connectivity index (χ1v) is 7.25. The second kappa shape index (κ2) is 5.41. The van der Waals surface area contributed by atoms with Gasteiger partial charge in [-0.15, -0.1) is 0 Å². The van der Waals surface area contributed by atoms with Crippen molar-refractivity contribution < 1.29 is 9.47 Å². The molecule has 0 aromatic heterocycles. The van der Waals surface area contributed by atoms with Crippen molar-refractivity contribution in [2.45, 2.75) is 25.8 Å². The summed E-state index contributed by atoms with van der Waals surface area (Å²) >= 11 is 0. The van der Waals surface area contributed by atoms with Crippen molar-refractivity contribution in [2.75, 3.05) is 13.7 Å². The molecule has 2 N–H and O–H groups in total. The molecule has 0 spiro atoms. The number of ether oxygens (including phenoxy) is 2. The van der Waals surface area contributed by atoms with Gasteiger partial charge >= 0.3 is 0 Å². The number of benzene rings is 2. The molecule has 3 heteroatoms. The largest absolute Gasteiger partial charge is 0.496 e. The van der Waals surface area contributed by atoms with Crippen molar-refractivity contribution in [3.8, 4) is 11.5 Å². The zero-order valence-electron chi connectivity index (χ0n) is 12.7. The highest BCUT2D eigenvalue weighted by molar-refractivity contribution is 5.49. The Balaban J connectivity index is 2.01. The predicted molar refractivity (Wildman–Crippen MR) is 84.1 cm³/mol. The molecule has 2 aromatic rings. The summed E-state index contributed by atoms with van der Waals surface area (Å²) in [4.78, 5) is 0. The summed E-state index contributed by atoms with van der Waals surface area (Å²) in [6, 6.07) is 12.2. The minimum absolute atomic E-state index is 0.136. The minimum atomic E-state index is -0.136. The van der Waals surface area contributed by atoms with Crippen LogP contribution in [0.3, 0.4) is 0 Å². The maximum Gasteiger partial charge on any atom is 0.126 e. The first kappa shape index (κ1) is 14.0. The van der Waals surface area contributed by atoms with Gasteiger partial charge in [0.1, 0.15) is 11.5 Å². The summed E-state index contributed by atoms with van der Waals surface area (Å²) in [5.74, 6) is 2.00. The van der Waals surface area contributed by atoms with Crippen LogP contribution >= 0.6 is 0 Å². The molecular weight excluding hydrogens is 262 g/mol. The fourth-order valence-electron chi connectivity index (χ4n) is 3.05. The Labute approximate surface area is 125 Å². The van der Waals surface area contributed by atoms with E-state index in [0.29, 0.717) is 6.61 Å². The van der Waals surface area contributed by atoms with E-state index < -0.39 is 0 Å². The Morgan fingerprint density at radius 1 is 1.19 bits per heavy atom. The van der Waals surface area contributed by atoms with Crippen LogP contribution in [0, 0.1) is 13.8 Å². The third-order valence-corrected chi connectivity index (χ3v) is 4.44. The number of para-hydroxylation sites is 1. The van der Waals surface area contributed by atoms with Gasteiger partial charge in [0.05, 0.1) is 13.7 Å². The van der Waals surface area contributed by atoms with Crippen molar-refractivity contribution in [2.24, 2.45) is 5.73 Å². The lowest BCUT2D eigenvalue weighted by molar-refractivity contribution is 0.312. The topological polar surface area (TPSA) is 44.5 Å². The van der Waals surface area contributed by atoms with E-state index in [9.17, 15) is 0 Å². The summed E-state index contributed by atoms with van der Waals surface area (Å²) in [5.41, 5.74) is 11.1. The Morgan fingerprint density at radius 3 is 2.71 bits per heavy atom. The van der Waals surface area contributed by atoms with Gasteiger partial charge in [-0.3, -0.25) is 0 Å². The third kappa shape index (κ3) is 2.28. The van der Waals surface area contributed by atoms with Gasteiger partial charge in [-0.25, -0.2) is 0 Å². The molecule has 21 heavy (non-hydrogen) atoms. The molecule has 1 heterocycles. The van der Waals surface area contributed by atoms with Gasteiger partial charge in [0.15, 0.2) is 0 Å². The molecule has 0 saturated heterocycles. The van der Waals surface area contributed by atoms with E-state index in [2.05, 4.69) is 32.0 Å². The highest BCUT2D eigenvalue weighted by Gasteiger charge is 2.31. The van der Waals surface area contributed by atoms with Crippen LogP contribution in [0.4, 0.5) is 0 Å². The molecule has 0 saturated carbocycles. The molecule has 0 bridgehead atoms. The minimum Gasteiger partial charge on any atom is -0.496 e. The molecule has 0 amide bonds. The molecule has 2 unspecified atom stereocenters. The van der Waals surface area contributed by atoms with E-state index >= 15 is 0 Å². The van der Waals surface area contributed by atoms with Gasteiger partial charge in [-0.05, 0) is 31.0 Å². The second-order valence-electron chi connectivity index (χ2n) is 5.61. The van der Waals surface area contributed by atoms with Crippen molar-refractivity contribution in [1.82, 2.24) is 0 Å². The van der Waals surface area contributed by atoms with Gasteiger partial charge in [-0.1, -0.05) is 30.3 Å². The quantitative estimate of drug-likeness (QED) is 0.937. The highest BCUT2D eigenvalue weighted by Crippen LogP contribution is 2.43. The zero-order valence-corrected chi connectivity index (χ0v) is 12.7. The van der Waals surface area contributed by atoms with E-state index in [-0.39, 0.29) is 12.0 Å². The first-order valence-electron chi connectivity index (χ1n) is 7.25. The number of aryl methyl sites for hydroxylation is 1. The van der Waals surface area contributed by atoms with Crippen LogP contribution in [-0.2, 0) is 0 Å². The average molecular weight is 283 g/mol. The molecule has 1 aliphatic rings. The molecular formula is C18H21NO2. The summed E-state index contributed by atoms with van der Waals surface area (Å²) in [6.45, 7) is 4.78. The molecule has 2 aromatic carbocycles. The van der Waals surface area contributed by atoms with Gasteiger partial charge in [0.25, 0.3) is 0 Å². The van der Waals surface area contributed by atoms with Crippen LogP contribution in [0.15, 0.2) is 36.4 Å². The Hall–Kier alpha value is -2.00. The Morgan fingerprint density at radius 2 is 1.95 bits per heavy atom. The van der Waals surface area contributed by atoms with Gasteiger partial charge in [0.2, 0.25) is 0 Å². The van der Waals surface area contributed by atoms with Gasteiger partial charge in [-0.2, -0.15) is 0 Å². The number of hydrogen-bond donors (Lipinski definition) is 1. The van der Waals surface area contributed by atoms with Crippen LogP contribution in [0.2, 0.25) is 0 Å². The SMILES string of the molecule is COc1c(C(N)C2COc3ccccc32)ccc(C)c1C. The number of fused-ring (bicyclic) bond motifs is 1. The lowest BCUT2D eigenvalue weighted by atomic mass is 9.87. The van der Waals surface area contributed by atoms with Crippen molar-refractivity contribution in [1.29, 1.82) is 0 Å². The van der Waals surface area contributed by atoms with E-state index in [1.807, 2.05) is 18.2 Å². The van der Waals surface area contributed by atoms with Crippen LogP contribution in [0.1, 0.15) is 34.2 Å². The first-order chi connectivity index (χ1) is 10.1. The van der Waals surface area contributed by atoms with Crippen LogP contribution in [-0.4, -0.2) is 13.7 Å². The number of nitrogens with two attached hydrogens (primary N) is 1. The molecule has 0 fully saturated rings. The molecule has 0 radical (unpaired) electrons. The van der Waals surface area contributed by atoms with E-state index in [1.165, 1.54) is 11.1 Å². The van der Waals surface area contributed by atoms with E-state index in [4.69, 9.17) is 15.2 Å². The van der Waals surface area contributed by atoms with Crippen LogP contribution in [0.25, 0.3) is 0 Å².